The number of amides is 1. The van der Waals surface area contributed by atoms with Crippen LogP contribution >= 0.6 is 0 Å². The number of para-hydroxylation sites is 2. The number of hydrogen-bond donors (Lipinski definition) is 1. The summed E-state index contributed by atoms with van der Waals surface area (Å²) in [7, 11) is 2.64. The van der Waals surface area contributed by atoms with Gasteiger partial charge in [0.15, 0.2) is 0 Å². The molecule has 144 valence electrons. The number of aromatic nitrogens is 2. The number of methoxy groups -OCH3 is 1. The van der Waals surface area contributed by atoms with Gasteiger partial charge in [0.1, 0.15) is 23.6 Å². The average Bonchev–Trinajstić information content (AvgIpc) is 2.74. The third kappa shape index (κ3) is 3.37. The molecule has 1 N–H and O–H groups in total. The second-order valence-electron chi connectivity index (χ2n) is 5.76. The normalized spacial score (nSPS) is 10.5. The van der Waals surface area contributed by atoms with E-state index < -0.39 is 11.9 Å². The van der Waals surface area contributed by atoms with Crippen molar-refractivity contribution in [3.63, 3.8) is 0 Å². The highest BCUT2D eigenvalue weighted by molar-refractivity contribution is 5.93. The molecule has 0 saturated heterocycles. The van der Waals surface area contributed by atoms with Gasteiger partial charge in [-0.3, -0.25) is 4.79 Å². The predicted molar refractivity (Wildman–Crippen MR) is 99.6 cm³/mol. The van der Waals surface area contributed by atoms with Crippen molar-refractivity contribution in [2.75, 3.05) is 14.2 Å². The maximum Gasteiger partial charge on any atom is 0.350 e. The van der Waals surface area contributed by atoms with Crippen LogP contribution in [0.15, 0.2) is 48.5 Å². The zero-order valence-electron chi connectivity index (χ0n) is 15.2. The molecule has 28 heavy (non-hydrogen) atoms. The number of nitrogens with one attached hydrogen (secondary N) is 1. The van der Waals surface area contributed by atoms with E-state index in [1.54, 1.807) is 12.1 Å². The summed E-state index contributed by atoms with van der Waals surface area (Å²) in [6, 6.07) is 12.2. The first-order chi connectivity index (χ1) is 13.5. The standard InChI is InChI=1S/C19H17N3O6/c1-20-18(23)17-16(21(25)14-5-3-4-6-15(14)22(17)26)11-28-13-9-7-12(8-10-13)19(24)27-2/h3-10H,11H2,1-2H3,(H,20,23). The molecule has 3 rings (SSSR count). The van der Waals surface area contributed by atoms with Gasteiger partial charge < -0.3 is 24.7 Å². The molecule has 9 heteroatoms. The molecule has 0 atom stereocenters. The molecule has 0 aliphatic carbocycles. The summed E-state index contributed by atoms with van der Waals surface area (Å²) in [6.07, 6.45) is 0. The summed E-state index contributed by atoms with van der Waals surface area (Å²) in [4.78, 5) is 36.4. The van der Waals surface area contributed by atoms with Crippen LogP contribution in [0.4, 0.5) is 0 Å². The highest BCUT2D eigenvalue weighted by Crippen LogP contribution is 2.18. The minimum Gasteiger partial charge on any atom is -0.805 e. The minimum atomic E-state index is -0.704. The molecule has 9 nitrogen and oxygen atoms in total. The molecule has 1 amide bonds. The van der Waals surface area contributed by atoms with Crippen LogP contribution < -0.4 is 14.5 Å². The smallest absolute Gasteiger partial charge is 0.350 e. The van der Waals surface area contributed by atoms with Crippen molar-refractivity contribution < 1.29 is 23.5 Å². The maximum absolute atomic E-state index is 12.8. The molecular weight excluding hydrogens is 366 g/mol. The second-order valence-corrected chi connectivity index (χ2v) is 5.76. The van der Waals surface area contributed by atoms with E-state index in [-0.39, 0.29) is 29.0 Å². The quantitative estimate of drug-likeness (QED) is 0.529. The van der Waals surface area contributed by atoms with Crippen LogP contribution in [0.5, 0.6) is 5.75 Å². The number of hydrogen-bond acceptors (Lipinski definition) is 6. The number of rotatable bonds is 5. The first kappa shape index (κ1) is 18.9. The lowest BCUT2D eigenvalue weighted by molar-refractivity contribution is -0.468. The van der Waals surface area contributed by atoms with Crippen molar-refractivity contribution in [2.24, 2.45) is 0 Å². The Hall–Kier alpha value is -3.88. The number of nitrogens with zero attached hydrogens (tertiary/aromatic N) is 2. The highest BCUT2D eigenvalue weighted by atomic mass is 16.5. The summed E-state index contributed by atoms with van der Waals surface area (Å²) < 4.78 is 11.1. The van der Waals surface area contributed by atoms with E-state index in [9.17, 15) is 19.7 Å². The minimum absolute atomic E-state index is 0.0716. The van der Waals surface area contributed by atoms with Crippen molar-refractivity contribution in [3.05, 3.63) is 75.6 Å². The van der Waals surface area contributed by atoms with E-state index in [1.165, 1.54) is 50.6 Å². The van der Waals surface area contributed by atoms with Gasteiger partial charge in [0, 0.05) is 18.0 Å². The van der Waals surface area contributed by atoms with Crippen molar-refractivity contribution >= 4 is 22.9 Å². The van der Waals surface area contributed by atoms with Crippen LogP contribution in [-0.2, 0) is 11.3 Å². The first-order valence-electron chi connectivity index (χ1n) is 8.28. The number of carbonyl (C=O) groups is 2. The summed E-state index contributed by atoms with van der Waals surface area (Å²) in [5, 5.41) is 15.1. The van der Waals surface area contributed by atoms with Crippen LogP contribution in [0.1, 0.15) is 26.5 Å². The van der Waals surface area contributed by atoms with Crippen LogP contribution in [0, 0.1) is 10.1 Å². The summed E-state index contributed by atoms with van der Waals surface area (Å²) in [5.74, 6) is -0.848. The molecule has 0 unspecified atom stereocenters. The molecule has 0 radical (unpaired) electrons. The molecule has 0 aliphatic rings. The summed E-state index contributed by atoms with van der Waals surface area (Å²) in [6.45, 7) is -0.323. The maximum atomic E-state index is 12.8. The predicted octanol–water partition coefficient (Wildman–Crippen LogP) is 1.63. The topological polar surface area (TPSA) is 116 Å². The third-order valence-electron chi connectivity index (χ3n) is 4.13. The van der Waals surface area contributed by atoms with Crippen LogP contribution in [0.25, 0.3) is 11.0 Å². The van der Waals surface area contributed by atoms with Crippen molar-refractivity contribution in [1.82, 2.24) is 10.0 Å². The Labute approximate surface area is 159 Å². The Balaban J connectivity index is 2.00. The SMILES string of the molecule is CNC(=O)c1c(COc2ccc(C(=O)OC)cc2)n([O-])c2ccccc2[n+]1=O. The van der Waals surface area contributed by atoms with E-state index in [2.05, 4.69) is 10.1 Å². The number of ether oxygens (including phenoxy) is 2. The fourth-order valence-corrected chi connectivity index (χ4v) is 2.71. The van der Waals surface area contributed by atoms with Crippen molar-refractivity contribution in [2.45, 2.75) is 6.61 Å². The fourth-order valence-electron chi connectivity index (χ4n) is 2.71. The van der Waals surface area contributed by atoms with Gasteiger partial charge in [-0.25, -0.2) is 4.79 Å². The molecule has 0 bridgehead atoms. The molecule has 0 spiro atoms. The summed E-state index contributed by atoms with van der Waals surface area (Å²) >= 11 is 0. The Morgan fingerprint density at radius 2 is 1.82 bits per heavy atom. The molecular formula is C19H17N3O6. The summed E-state index contributed by atoms with van der Waals surface area (Å²) in [5.41, 5.74) is 0.0439. The van der Waals surface area contributed by atoms with Gasteiger partial charge in [0.2, 0.25) is 0 Å². The molecule has 0 aliphatic heterocycles. The Kier molecular flexibility index (Phi) is 5.25. The first-order valence-corrected chi connectivity index (χ1v) is 8.28. The number of carbonyl (C=O) groups excluding carboxylic acids is 2. The van der Waals surface area contributed by atoms with Gasteiger partial charge in [-0.15, -0.1) is 0 Å². The van der Waals surface area contributed by atoms with Gasteiger partial charge in [-0.2, -0.15) is 0 Å². The highest BCUT2D eigenvalue weighted by Gasteiger charge is 2.28. The molecule has 0 fully saturated rings. The van der Waals surface area contributed by atoms with Crippen molar-refractivity contribution in [3.8, 4) is 5.75 Å². The van der Waals surface area contributed by atoms with Gasteiger partial charge in [-0.1, -0.05) is 12.1 Å². The van der Waals surface area contributed by atoms with Crippen LogP contribution in [0.2, 0.25) is 0 Å². The number of esters is 1. The van der Waals surface area contributed by atoms with E-state index in [4.69, 9.17) is 4.74 Å². The van der Waals surface area contributed by atoms with Gasteiger partial charge in [0.25, 0.3) is 5.52 Å². The van der Waals surface area contributed by atoms with E-state index in [0.717, 1.165) is 0 Å². The second kappa shape index (κ2) is 7.78. The van der Waals surface area contributed by atoms with Crippen LogP contribution in [0.3, 0.4) is 0 Å². The molecule has 1 aromatic heterocycles. The monoisotopic (exact) mass is 383 g/mol. The van der Waals surface area contributed by atoms with Gasteiger partial charge in [0.05, 0.1) is 17.1 Å². The Morgan fingerprint density at radius 1 is 1.14 bits per heavy atom. The van der Waals surface area contributed by atoms with Crippen molar-refractivity contribution in [1.29, 1.82) is 0 Å². The molecule has 0 saturated carbocycles. The fraction of sp³-hybridized carbons (Fsp3) is 0.158. The molecule has 3 aromatic rings. The van der Waals surface area contributed by atoms with Crippen LogP contribution in [-0.4, -0.2) is 30.8 Å². The molecule has 2 aromatic carbocycles. The largest absolute Gasteiger partial charge is 0.805 e. The van der Waals surface area contributed by atoms with E-state index >= 15 is 0 Å². The lowest BCUT2D eigenvalue weighted by atomic mass is 10.2. The lowest BCUT2D eigenvalue weighted by Gasteiger charge is -2.19. The zero-order valence-corrected chi connectivity index (χ0v) is 15.2. The molecule has 1 heterocycles. The van der Waals surface area contributed by atoms with E-state index in [1.807, 2.05) is 0 Å². The van der Waals surface area contributed by atoms with Gasteiger partial charge in [-0.05, 0) is 30.3 Å². The average molecular weight is 383 g/mol. The lowest BCUT2D eigenvalue weighted by Crippen LogP contribution is -2.36. The van der Waals surface area contributed by atoms with E-state index in [0.29, 0.717) is 20.5 Å². The zero-order chi connectivity index (χ0) is 20.3. The Morgan fingerprint density at radius 3 is 2.46 bits per heavy atom. The Bertz CT molecular complexity index is 1110. The number of fused-ring (bicyclic) bond motifs is 1. The van der Waals surface area contributed by atoms with Gasteiger partial charge >= 0.3 is 17.6 Å². The number of benzene rings is 2. The third-order valence-corrected chi connectivity index (χ3v) is 4.13.